The molecule has 1 saturated heterocycles. The number of hydrogen-bond acceptors (Lipinski definition) is 7. The number of anilines is 1. The molecule has 1 aliphatic rings. The fraction of sp³-hybridized carbons (Fsp3) is 0.290. The summed E-state index contributed by atoms with van der Waals surface area (Å²) in [6.45, 7) is 3.54. The lowest BCUT2D eigenvalue weighted by Gasteiger charge is -2.37. The number of nitrogens with two attached hydrogens (primary N) is 1. The average Bonchev–Trinajstić information content (AvgIpc) is 2.93. The summed E-state index contributed by atoms with van der Waals surface area (Å²) in [5.74, 6) is 0.166. The van der Waals surface area contributed by atoms with Crippen LogP contribution >= 0.6 is 0 Å². The van der Waals surface area contributed by atoms with Gasteiger partial charge >= 0.3 is 0 Å². The van der Waals surface area contributed by atoms with Gasteiger partial charge in [0.15, 0.2) is 0 Å². The van der Waals surface area contributed by atoms with Crippen molar-refractivity contribution in [1.29, 1.82) is 5.26 Å². The van der Waals surface area contributed by atoms with E-state index in [9.17, 15) is 14.8 Å². The van der Waals surface area contributed by atoms with Crippen molar-refractivity contribution in [2.24, 2.45) is 5.73 Å². The molecule has 2 atom stereocenters. The van der Waals surface area contributed by atoms with Gasteiger partial charge in [0.25, 0.3) is 0 Å². The first-order valence-corrected chi connectivity index (χ1v) is 12.9. The van der Waals surface area contributed by atoms with Crippen LogP contribution in [0.1, 0.15) is 17.5 Å². The highest BCUT2D eigenvalue weighted by Crippen LogP contribution is 2.41. The van der Waals surface area contributed by atoms with Crippen molar-refractivity contribution in [3.8, 4) is 34.1 Å². The largest absolute Gasteiger partial charge is 0.489 e. The van der Waals surface area contributed by atoms with E-state index in [0.29, 0.717) is 49.6 Å². The first kappa shape index (κ1) is 26.6. The number of ether oxygens (including phenoxy) is 2. The van der Waals surface area contributed by atoms with Crippen molar-refractivity contribution in [3.05, 3.63) is 77.7 Å². The minimum absolute atomic E-state index is 0.301. The van der Waals surface area contributed by atoms with Crippen LogP contribution < -0.4 is 15.4 Å². The Balaban J connectivity index is 1.72. The number of aromatic nitrogens is 1. The number of aliphatic hydroxyl groups is 1. The lowest BCUT2D eigenvalue weighted by atomic mass is 9.94. The molecule has 1 aliphatic heterocycles. The Morgan fingerprint density at radius 3 is 2.72 bits per heavy atom. The number of pyridine rings is 1. The second-order valence-electron chi connectivity index (χ2n) is 9.87. The van der Waals surface area contributed by atoms with Crippen LogP contribution in [0.2, 0.25) is 0 Å². The normalized spacial score (nSPS) is 17.3. The predicted molar refractivity (Wildman–Crippen MR) is 150 cm³/mol. The van der Waals surface area contributed by atoms with Gasteiger partial charge in [-0.05, 0) is 60.4 Å². The minimum atomic E-state index is -0.694. The number of rotatable bonds is 7. The second kappa shape index (κ2) is 11.4. The van der Waals surface area contributed by atoms with Crippen LogP contribution in [0.5, 0.6) is 5.75 Å². The van der Waals surface area contributed by atoms with Crippen LogP contribution in [0.3, 0.4) is 0 Å². The first-order chi connectivity index (χ1) is 18.9. The molecule has 0 amide bonds. The number of nitriles is 1. The molecular weight excluding hydrogens is 495 g/mol. The van der Waals surface area contributed by atoms with Crippen molar-refractivity contribution >= 4 is 16.6 Å². The lowest BCUT2D eigenvalue weighted by Crippen LogP contribution is -2.50. The topological polar surface area (TPSA) is 105 Å². The van der Waals surface area contributed by atoms with Gasteiger partial charge in [-0.25, -0.2) is 4.39 Å². The van der Waals surface area contributed by atoms with E-state index in [-0.39, 0.29) is 11.9 Å². The number of halogens is 1. The van der Waals surface area contributed by atoms with Gasteiger partial charge in [-0.3, -0.25) is 4.98 Å². The molecular formula is C31H31FN4O3. The molecule has 8 heteroatoms. The summed E-state index contributed by atoms with van der Waals surface area (Å²) >= 11 is 0. The number of benzene rings is 3. The van der Waals surface area contributed by atoms with Gasteiger partial charge in [-0.15, -0.1) is 0 Å². The zero-order valence-corrected chi connectivity index (χ0v) is 22.0. The Labute approximate surface area is 227 Å². The monoisotopic (exact) mass is 526 g/mol. The van der Waals surface area contributed by atoms with Crippen LogP contribution in [0.4, 0.5) is 10.1 Å². The van der Waals surface area contributed by atoms with Gasteiger partial charge in [0.1, 0.15) is 24.2 Å². The molecule has 3 N–H and O–H groups in total. The minimum Gasteiger partial charge on any atom is -0.489 e. The molecule has 7 nitrogen and oxygen atoms in total. The molecule has 5 rings (SSSR count). The zero-order valence-electron chi connectivity index (χ0n) is 22.0. The maximum absolute atomic E-state index is 14.5. The van der Waals surface area contributed by atoms with E-state index in [1.54, 1.807) is 19.4 Å². The van der Waals surface area contributed by atoms with Gasteiger partial charge in [-0.2, -0.15) is 5.26 Å². The Bertz CT molecular complexity index is 1530. The average molecular weight is 527 g/mol. The smallest absolute Gasteiger partial charge is 0.144 e. The number of nitrogens with zero attached hydrogens (tertiary/aromatic N) is 3. The van der Waals surface area contributed by atoms with E-state index in [1.165, 1.54) is 12.1 Å². The number of aryl methyl sites for hydroxylation is 1. The summed E-state index contributed by atoms with van der Waals surface area (Å²) in [7, 11) is 1.60. The summed E-state index contributed by atoms with van der Waals surface area (Å²) < 4.78 is 25.6. The standard InChI is InChI=1S/C31H31FN4O3/c1-19-12-22(14-23(32)13-19)26-17-35-28-7-6-20(15-25(28)30(26)36-9-8-27(34)29(37)18-36)24-5-3-4-21(16-33)31(24)39-11-10-38-2/h3-7,12-15,17,27,29,37H,8-11,18,34H2,1-2H3/t27-,29+/m1/s1. The second-order valence-corrected chi connectivity index (χ2v) is 9.87. The molecule has 4 aromatic rings. The molecule has 39 heavy (non-hydrogen) atoms. The van der Waals surface area contributed by atoms with Crippen molar-refractivity contribution in [1.82, 2.24) is 4.98 Å². The fourth-order valence-electron chi connectivity index (χ4n) is 5.18. The van der Waals surface area contributed by atoms with Crippen LogP contribution in [0, 0.1) is 24.1 Å². The van der Waals surface area contributed by atoms with Gasteiger partial charge in [0, 0.05) is 49.0 Å². The molecule has 0 spiro atoms. The number of fused-ring (bicyclic) bond motifs is 1. The highest BCUT2D eigenvalue weighted by molar-refractivity contribution is 6.02. The SMILES string of the molecule is COCCOc1c(C#N)cccc1-c1ccc2ncc(-c3cc(C)cc(F)c3)c(N3CC[C@@H](N)[C@@H](O)C3)c2c1. The molecule has 0 aliphatic carbocycles. The molecule has 200 valence electrons. The Morgan fingerprint density at radius 1 is 1.13 bits per heavy atom. The first-order valence-electron chi connectivity index (χ1n) is 12.9. The molecule has 0 unspecified atom stereocenters. The molecule has 0 radical (unpaired) electrons. The fourth-order valence-corrected chi connectivity index (χ4v) is 5.18. The van der Waals surface area contributed by atoms with Gasteiger partial charge in [-0.1, -0.05) is 24.3 Å². The highest BCUT2D eigenvalue weighted by Gasteiger charge is 2.28. The number of piperidine rings is 1. The molecule has 2 heterocycles. The number of methoxy groups -OCH3 is 1. The zero-order chi connectivity index (χ0) is 27.5. The summed E-state index contributed by atoms with van der Waals surface area (Å²) in [5, 5.41) is 21.3. The molecule has 0 bridgehead atoms. The van der Waals surface area contributed by atoms with E-state index < -0.39 is 6.10 Å². The Hall–Kier alpha value is -4.03. The Morgan fingerprint density at radius 2 is 1.97 bits per heavy atom. The number of para-hydroxylation sites is 1. The third-order valence-corrected chi connectivity index (χ3v) is 7.12. The van der Waals surface area contributed by atoms with E-state index in [1.807, 2.05) is 43.3 Å². The molecule has 1 fully saturated rings. The van der Waals surface area contributed by atoms with E-state index in [0.717, 1.165) is 38.8 Å². The van der Waals surface area contributed by atoms with E-state index >= 15 is 0 Å². The summed E-state index contributed by atoms with van der Waals surface area (Å²) in [5.41, 5.74) is 12.1. The summed E-state index contributed by atoms with van der Waals surface area (Å²) in [6.07, 6.45) is 1.69. The van der Waals surface area contributed by atoms with Crippen molar-refractivity contribution in [3.63, 3.8) is 0 Å². The van der Waals surface area contributed by atoms with Crippen molar-refractivity contribution < 1.29 is 19.0 Å². The summed E-state index contributed by atoms with van der Waals surface area (Å²) in [6, 6.07) is 18.2. The van der Waals surface area contributed by atoms with Crippen LogP contribution in [0.25, 0.3) is 33.2 Å². The maximum Gasteiger partial charge on any atom is 0.144 e. The third kappa shape index (κ3) is 5.43. The van der Waals surface area contributed by atoms with E-state index in [2.05, 4.69) is 11.0 Å². The molecule has 3 aromatic carbocycles. The van der Waals surface area contributed by atoms with Gasteiger partial charge in [0.05, 0.1) is 29.5 Å². The van der Waals surface area contributed by atoms with Crippen LogP contribution in [-0.2, 0) is 4.74 Å². The van der Waals surface area contributed by atoms with E-state index in [4.69, 9.17) is 20.2 Å². The number of aliphatic hydroxyl groups excluding tert-OH is 1. The van der Waals surface area contributed by atoms with Gasteiger partial charge < -0.3 is 25.2 Å². The molecule has 0 saturated carbocycles. The van der Waals surface area contributed by atoms with Crippen molar-refractivity contribution in [2.45, 2.75) is 25.5 Å². The van der Waals surface area contributed by atoms with Crippen LogP contribution in [-0.4, -0.2) is 55.6 Å². The predicted octanol–water partition coefficient (Wildman–Crippen LogP) is 4.81. The quantitative estimate of drug-likeness (QED) is 0.333. The lowest BCUT2D eigenvalue weighted by molar-refractivity contribution is 0.132. The number of hydrogen-bond donors (Lipinski definition) is 2. The summed E-state index contributed by atoms with van der Waals surface area (Å²) in [4.78, 5) is 6.83. The van der Waals surface area contributed by atoms with Crippen molar-refractivity contribution in [2.75, 3.05) is 38.3 Å². The maximum atomic E-state index is 14.5. The van der Waals surface area contributed by atoms with Gasteiger partial charge in [0.2, 0.25) is 0 Å². The highest BCUT2D eigenvalue weighted by atomic mass is 19.1. The third-order valence-electron chi connectivity index (χ3n) is 7.12. The Kier molecular flexibility index (Phi) is 7.75. The molecule has 1 aromatic heterocycles. The van der Waals surface area contributed by atoms with Crippen LogP contribution in [0.15, 0.2) is 60.8 Å². The number of β-amino-alcohol motifs (C(OH)–C–C–N with tert-alkyl or cyclic N) is 1.